The summed E-state index contributed by atoms with van der Waals surface area (Å²) >= 11 is 3.36. The predicted octanol–water partition coefficient (Wildman–Crippen LogP) is 3.63. The lowest BCUT2D eigenvalue weighted by Crippen LogP contribution is -2.44. The Balaban J connectivity index is 1.64. The monoisotopic (exact) mass is 436 g/mol. The molecule has 1 atom stereocenters. The maximum Gasteiger partial charge on any atom is 0.228 e. The van der Waals surface area contributed by atoms with Crippen molar-refractivity contribution in [3.63, 3.8) is 0 Å². The van der Waals surface area contributed by atoms with Gasteiger partial charge in [0.25, 0.3) is 0 Å². The Kier molecular flexibility index (Phi) is 6.11. The summed E-state index contributed by atoms with van der Waals surface area (Å²) in [4.78, 5) is 12.5. The molecule has 1 aliphatic rings. The molecule has 1 fully saturated rings. The quantitative estimate of drug-likeness (QED) is 0.777. The third-order valence-electron chi connectivity index (χ3n) is 4.45. The molecule has 1 amide bonds. The summed E-state index contributed by atoms with van der Waals surface area (Å²) in [5.74, 6) is -0.501. The fourth-order valence-electron chi connectivity index (χ4n) is 3.06. The highest BCUT2D eigenvalue weighted by molar-refractivity contribution is 9.10. The SMILES string of the molecule is O=C(Nc1ccc(Br)cc1)C1CCCN(S(=O)(=O)Cc2ccccc2)C1. The molecule has 2 aromatic carbocycles. The van der Waals surface area contributed by atoms with Crippen LogP contribution >= 0.6 is 15.9 Å². The van der Waals surface area contributed by atoms with Crippen molar-refractivity contribution < 1.29 is 13.2 Å². The molecular formula is C19H21BrN2O3S. The van der Waals surface area contributed by atoms with E-state index >= 15 is 0 Å². The van der Waals surface area contributed by atoms with Crippen molar-refractivity contribution in [3.05, 3.63) is 64.6 Å². The minimum atomic E-state index is -3.43. The van der Waals surface area contributed by atoms with E-state index in [1.54, 1.807) is 12.1 Å². The van der Waals surface area contributed by atoms with Crippen molar-refractivity contribution in [2.45, 2.75) is 18.6 Å². The second-order valence-electron chi connectivity index (χ2n) is 6.44. The molecule has 3 rings (SSSR count). The average molecular weight is 437 g/mol. The van der Waals surface area contributed by atoms with Gasteiger partial charge in [-0.1, -0.05) is 46.3 Å². The third-order valence-corrected chi connectivity index (χ3v) is 6.80. The molecule has 2 aromatic rings. The molecule has 0 aliphatic carbocycles. The van der Waals surface area contributed by atoms with E-state index in [-0.39, 0.29) is 24.1 Å². The molecule has 0 saturated carbocycles. The summed E-state index contributed by atoms with van der Waals surface area (Å²) in [7, 11) is -3.43. The molecule has 0 spiro atoms. The molecule has 0 radical (unpaired) electrons. The number of carbonyl (C=O) groups excluding carboxylic acids is 1. The summed E-state index contributed by atoms with van der Waals surface area (Å²) in [6.45, 7) is 0.703. The van der Waals surface area contributed by atoms with Gasteiger partial charge in [0.1, 0.15) is 0 Å². The third kappa shape index (κ3) is 4.93. The molecule has 1 unspecified atom stereocenters. The highest BCUT2D eigenvalue weighted by Crippen LogP contribution is 2.23. The van der Waals surface area contributed by atoms with Crippen molar-refractivity contribution in [1.29, 1.82) is 0 Å². The van der Waals surface area contributed by atoms with Gasteiger partial charge in [0.15, 0.2) is 0 Å². The zero-order chi connectivity index (χ0) is 18.6. The Hall–Kier alpha value is -1.70. The van der Waals surface area contributed by atoms with Crippen LogP contribution in [0.1, 0.15) is 18.4 Å². The number of nitrogens with zero attached hydrogens (tertiary/aromatic N) is 1. The molecule has 5 nitrogen and oxygen atoms in total. The Labute approximate surface area is 162 Å². The summed E-state index contributed by atoms with van der Waals surface area (Å²) in [5.41, 5.74) is 1.47. The van der Waals surface area contributed by atoms with Gasteiger partial charge < -0.3 is 5.32 Å². The van der Waals surface area contributed by atoms with Crippen LogP contribution in [0.4, 0.5) is 5.69 Å². The van der Waals surface area contributed by atoms with Gasteiger partial charge in [-0.15, -0.1) is 0 Å². The maximum atomic E-state index is 12.7. The number of nitrogens with one attached hydrogen (secondary N) is 1. The van der Waals surface area contributed by atoms with Gasteiger partial charge in [-0.2, -0.15) is 0 Å². The molecule has 1 heterocycles. The lowest BCUT2D eigenvalue weighted by Gasteiger charge is -2.31. The van der Waals surface area contributed by atoms with Gasteiger partial charge in [0.05, 0.1) is 11.7 Å². The Bertz CT molecular complexity index is 854. The van der Waals surface area contributed by atoms with Gasteiger partial charge in [-0.25, -0.2) is 12.7 Å². The van der Waals surface area contributed by atoms with Gasteiger partial charge in [0.2, 0.25) is 15.9 Å². The molecule has 26 heavy (non-hydrogen) atoms. The van der Waals surface area contributed by atoms with Crippen molar-refractivity contribution >= 4 is 37.5 Å². The number of sulfonamides is 1. The Morgan fingerprint density at radius 1 is 1.12 bits per heavy atom. The Morgan fingerprint density at radius 2 is 1.81 bits per heavy atom. The fraction of sp³-hybridized carbons (Fsp3) is 0.316. The van der Waals surface area contributed by atoms with Crippen LogP contribution in [0.25, 0.3) is 0 Å². The van der Waals surface area contributed by atoms with Gasteiger partial charge in [0, 0.05) is 23.2 Å². The zero-order valence-corrected chi connectivity index (χ0v) is 16.7. The topological polar surface area (TPSA) is 66.5 Å². The number of anilines is 1. The van der Waals surface area contributed by atoms with E-state index in [0.717, 1.165) is 10.0 Å². The molecule has 0 aromatic heterocycles. The minimum Gasteiger partial charge on any atom is -0.326 e. The normalized spacial score (nSPS) is 18.4. The van der Waals surface area contributed by atoms with Crippen LogP contribution < -0.4 is 5.32 Å². The second kappa shape index (κ2) is 8.33. The Morgan fingerprint density at radius 3 is 2.50 bits per heavy atom. The smallest absolute Gasteiger partial charge is 0.228 e. The molecule has 138 valence electrons. The van der Waals surface area contributed by atoms with E-state index in [9.17, 15) is 13.2 Å². The number of piperidine rings is 1. The van der Waals surface area contributed by atoms with E-state index in [2.05, 4.69) is 21.2 Å². The van der Waals surface area contributed by atoms with Gasteiger partial charge in [-0.05, 0) is 42.7 Å². The van der Waals surface area contributed by atoms with Crippen LogP contribution in [-0.4, -0.2) is 31.7 Å². The lowest BCUT2D eigenvalue weighted by atomic mass is 9.99. The first-order valence-electron chi connectivity index (χ1n) is 8.52. The van der Waals surface area contributed by atoms with Crippen LogP contribution in [-0.2, 0) is 20.6 Å². The van der Waals surface area contributed by atoms with Gasteiger partial charge >= 0.3 is 0 Å². The molecule has 1 saturated heterocycles. The van der Waals surface area contributed by atoms with E-state index in [0.29, 0.717) is 25.1 Å². The molecule has 0 bridgehead atoms. The average Bonchev–Trinajstić information content (AvgIpc) is 2.64. The van der Waals surface area contributed by atoms with E-state index in [1.807, 2.05) is 42.5 Å². The van der Waals surface area contributed by atoms with Crippen LogP contribution in [0.2, 0.25) is 0 Å². The number of benzene rings is 2. The van der Waals surface area contributed by atoms with E-state index in [4.69, 9.17) is 0 Å². The first-order valence-corrected chi connectivity index (χ1v) is 10.9. The highest BCUT2D eigenvalue weighted by Gasteiger charge is 2.32. The van der Waals surface area contributed by atoms with Crippen LogP contribution in [0.5, 0.6) is 0 Å². The predicted molar refractivity (Wildman–Crippen MR) is 106 cm³/mol. The first kappa shape index (κ1) is 19.1. The largest absolute Gasteiger partial charge is 0.326 e. The van der Waals surface area contributed by atoms with Crippen LogP contribution in [0.3, 0.4) is 0 Å². The van der Waals surface area contributed by atoms with Crippen molar-refractivity contribution in [3.8, 4) is 0 Å². The molecule has 1 N–H and O–H groups in total. The molecule has 7 heteroatoms. The standard InChI is InChI=1S/C19H21BrN2O3S/c20-17-8-10-18(11-9-17)21-19(23)16-7-4-12-22(13-16)26(24,25)14-15-5-2-1-3-6-15/h1-3,5-6,8-11,16H,4,7,12-14H2,(H,21,23). The van der Waals surface area contributed by atoms with Crippen LogP contribution in [0.15, 0.2) is 59.1 Å². The summed E-state index contributed by atoms with van der Waals surface area (Å²) < 4.78 is 27.8. The van der Waals surface area contributed by atoms with Crippen molar-refractivity contribution in [2.75, 3.05) is 18.4 Å². The number of halogens is 1. The first-order chi connectivity index (χ1) is 12.4. The fourth-order valence-corrected chi connectivity index (χ4v) is 4.94. The number of hydrogen-bond acceptors (Lipinski definition) is 3. The highest BCUT2D eigenvalue weighted by atomic mass is 79.9. The molecular weight excluding hydrogens is 416 g/mol. The number of carbonyl (C=O) groups is 1. The number of rotatable bonds is 5. The minimum absolute atomic E-state index is 0.0328. The summed E-state index contributed by atoms with van der Waals surface area (Å²) in [6, 6.07) is 16.5. The molecule has 1 aliphatic heterocycles. The van der Waals surface area contributed by atoms with Gasteiger partial charge in [-0.3, -0.25) is 4.79 Å². The van der Waals surface area contributed by atoms with Crippen molar-refractivity contribution in [1.82, 2.24) is 4.31 Å². The lowest BCUT2D eigenvalue weighted by molar-refractivity contribution is -0.120. The summed E-state index contributed by atoms with van der Waals surface area (Å²) in [5, 5.41) is 2.88. The number of amides is 1. The van der Waals surface area contributed by atoms with Crippen LogP contribution in [0, 0.1) is 5.92 Å². The summed E-state index contributed by atoms with van der Waals surface area (Å²) in [6.07, 6.45) is 1.38. The second-order valence-corrected chi connectivity index (χ2v) is 9.32. The maximum absolute atomic E-state index is 12.7. The van der Waals surface area contributed by atoms with Crippen molar-refractivity contribution in [2.24, 2.45) is 5.92 Å². The van der Waals surface area contributed by atoms with E-state index < -0.39 is 10.0 Å². The number of hydrogen-bond donors (Lipinski definition) is 1. The van der Waals surface area contributed by atoms with E-state index in [1.165, 1.54) is 4.31 Å². The zero-order valence-electron chi connectivity index (χ0n) is 14.3.